The van der Waals surface area contributed by atoms with E-state index in [1.165, 1.54) is 0 Å². The maximum Gasteiger partial charge on any atom is 0.277 e. The van der Waals surface area contributed by atoms with Crippen LogP contribution in [-0.2, 0) is 9.59 Å². The van der Waals surface area contributed by atoms with Crippen molar-refractivity contribution in [2.24, 2.45) is 0 Å². The first-order valence-corrected chi connectivity index (χ1v) is 5.54. The third kappa shape index (κ3) is 2.50. The highest BCUT2D eigenvalue weighted by Gasteiger charge is 2.30. The molecule has 0 aromatic heterocycles. The van der Waals surface area contributed by atoms with E-state index >= 15 is 0 Å². The smallest absolute Gasteiger partial charge is 0.277 e. The SMILES string of the molecule is O=C1C=C(Nc2cc(F)c(F)c(F)c2)C(=O)N1CCO. The fraction of sp³-hybridized carbons (Fsp3) is 0.167. The summed E-state index contributed by atoms with van der Waals surface area (Å²) in [4.78, 5) is 23.9. The summed E-state index contributed by atoms with van der Waals surface area (Å²) < 4.78 is 38.8. The van der Waals surface area contributed by atoms with E-state index in [1.54, 1.807) is 0 Å². The zero-order valence-corrected chi connectivity index (χ0v) is 9.99. The van der Waals surface area contributed by atoms with Crippen molar-refractivity contribution >= 4 is 17.5 Å². The van der Waals surface area contributed by atoms with Crippen molar-refractivity contribution < 1.29 is 27.9 Å². The number of hydrogen-bond donors (Lipinski definition) is 2. The number of benzene rings is 1. The molecule has 0 radical (unpaired) electrons. The Labute approximate surface area is 111 Å². The van der Waals surface area contributed by atoms with Crippen molar-refractivity contribution in [3.8, 4) is 0 Å². The lowest BCUT2D eigenvalue weighted by molar-refractivity contribution is -0.137. The molecule has 0 bridgehead atoms. The normalized spacial score (nSPS) is 14.8. The number of β-amino-alcohol motifs (C(OH)–C–C–N with tert-alkyl or cyclic N) is 1. The molecular weight excluding hydrogens is 277 g/mol. The number of aliphatic hydroxyl groups excluding tert-OH is 1. The van der Waals surface area contributed by atoms with Gasteiger partial charge in [0.2, 0.25) is 0 Å². The van der Waals surface area contributed by atoms with E-state index < -0.39 is 35.9 Å². The van der Waals surface area contributed by atoms with Crippen molar-refractivity contribution in [3.63, 3.8) is 0 Å². The molecule has 0 saturated heterocycles. The van der Waals surface area contributed by atoms with Crippen LogP contribution in [0.25, 0.3) is 0 Å². The van der Waals surface area contributed by atoms with Gasteiger partial charge in [-0.15, -0.1) is 0 Å². The van der Waals surface area contributed by atoms with Crippen molar-refractivity contribution in [3.05, 3.63) is 41.4 Å². The number of aliphatic hydroxyl groups is 1. The van der Waals surface area contributed by atoms with E-state index in [0.717, 1.165) is 11.0 Å². The van der Waals surface area contributed by atoms with E-state index in [1.807, 2.05) is 0 Å². The molecule has 0 unspecified atom stereocenters. The molecule has 0 spiro atoms. The molecule has 1 aliphatic rings. The van der Waals surface area contributed by atoms with Crippen LogP contribution < -0.4 is 5.32 Å². The number of imide groups is 1. The van der Waals surface area contributed by atoms with E-state index in [2.05, 4.69) is 5.32 Å². The van der Waals surface area contributed by atoms with Gasteiger partial charge in [0.25, 0.3) is 11.8 Å². The summed E-state index contributed by atoms with van der Waals surface area (Å²) in [6.07, 6.45) is 0.928. The first-order valence-electron chi connectivity index (χ1n) is 5.54. The average Bonchev–Trinajstić information content (AvgIpc) is 2.64. The average molecular weight is 286 g/mol. The fourth-order valence-corrected chi connectivity index (χ4v) is 1.69. The summed E-state index contributed by atoms with van der Waals surface area (Å²) in [6.45, 7) is -0.593. The second kappa shape index (κ2) is 5.33. The lowest BCUT2D eigenvalue weighted by atomic mass is 10.2. The molecule has 106 valence electrons. The van der Waals surface area contributed by atoms with Gasteiger partial charge in [0, 0.05) is 23.9 Å². The minimum absolute atomic E-state index is 0.189. The monoisotopic (exact) mass is 286 g/mol. The van der Waals surface area contributed by atoms with E-state index in [4.69, 9.17) is 5.11 Å². The molecule has 5 nitrogen and oxygen atoms in total. The summed E-state index contributed by atoms with van der Waals surface area (Å²) in [6, 6.07) is 1.32. The Morgan fingerprint density at radius 1 is 1.15 bits per heavy atom. The number of hydrogen-bond acceptors (Lipinski definition) is 4. The largest absolute Gasteiger partial charge is 0.395 e. The summed E-state index contributed by atoms with van der Waals surface area (Å²) in [5.41, 5.74) is -0.423. The first kappa shape index (κ1) is 14.1. The van der Waals surface area contributed by atoms with E-state index in [0.29, 0.717) is 12.1 Å². The van der Waals surface area contributed by atoms with Gasteiger partial charge in [-0.2, -0.15) is 0 Å². The quantitative estimate of drug-likeness (QED) is 0.633. The van der Waals surface area contributed by atoms with Crippen LogP contribution in [0, 0.1) is 17.5 Å². The van der Waals surface area contributed by atoms with Crippen molar-refractivity contribution in [2.45, 2.75) is 0 Å². The minimum Gasteiger partial charge on any atom is -0.395 e. The zero-order valence-electron chi connectivity index (χ0n) is 9.99. The Kier molecular flexibility index (Phi) is 3.75. The fourth-order valence-electron chi connectivity index (χ4n) is 1.69. The van der Waals surface area contributed by atoms with Gasteiger partial charge in [-0.25, -0.2) is 13.2 Å². The second-order valence-corrected chi connectivity index (χ2v) is 3.96. The summed E-state index contributed by atoms with van der Waals surface area (Å²) in [5.74, 6) is -5.86. The number of halogens is 3. The number of carbonyl (C=O) groups excluding carboxylic acids is 2. The van der Waals surface area contributed by atoms with Gasteiger partial charge in [0.15, 0.2) is 17.5 Å². The molecule has 1 aromatic carbocycles. The highest BCUT2D eigenvalue weighted by atomic mass is 19.2. The topological polar surface area (TPSA) is 69.6 Å². The molecule has 0 saturated carbocycles. The molecule has 0 aliphatic carbocycles. The van der Waals surface area contributed by atoms with Gasteiger partial charge in [-0.05, 0) is 0 Å². The number of nitrogens with zero attached hydrogens (tertiary/aromatic N) is 1. The molecule has 2 rings (SSSR count). The number of nitrogens with one attached hydrogen (secondary N) is 1. The Morgan fingerprint density at radius 3 is 2.30 bits per heavy atom. The van der Waals surface area contributed by atoms with Crippen LogP contribution in [0.5, 0.6) is 0 Å². The molecule has 8 heteroatoms. The van der Waals surface area contributed by atoms with Gasteiger partial charge >= 0.3 is 0 Å². The van der Waals surface area contributed by atoms with Gasteiger partial charge in [-0.1, -0.05) is 0 Å². The molecule has 0 fully saturated rings. The van der Waals surface area contributed by atoms with Crippen molar-refractivity contribution in [1.82, 2.24) is 4.90 Å². The van der Waals surface area contributed by atoms with Gasteiger partial charge in [0.05, 0.1) is 13.2 Å². The number of anilines is 1. The second-order valence-electron chi connectivity index (χ2n) is 3.96. The molecule has 2 N–H and O–H groups in total. The predicted octanol–water partition coefficient (Wildman–Crippen LogP) is 0.761. The molecular formula is C12H9F3N2O3. The Bertz CT molecular complexity index is 593. The summed E-state index contributed by atoms with van der Waals surface area (Å²) >= 11 is 0. The van der Waals surface area contributed by atoms with Gasteiger partial charge in [0.1, 0.15) is 5.70 Å². The molecule has 1 heterocycles. The number of carbonyl (C=O) groups is 2. The highest BCUT2D eigenvalue weighted by Crippen LogP contribution is 2.21. The van der Waals surface area contributed by atoms with Gasteiger partial charge in [-0.3, -0.25) is 14.5 Å². The summed E-state index contributed by atoms with van der Waals surface area (Å²) in [5, 5.41) is 11.1. The Morgan fingerprint density at radius 2 is 1.75 bits per heavy atom. The van der Waals surface area contributed by atoms with Crippen molar-refractivity contribution in [2.75, 3.05) is 18.5 Å². The molecule has 2 amide bonds. The lowest BCUT2D eigenvalue weighted by Crippen LogP contribution is -2.34. The van der Waals surface area contributed by atoms with Crippen LogP contribution in [0.15, 0.2) is 23.9 Å². The Balaban J connectivity index is 2.21. The summed E-state index contributed by atoms with van der Waals surface area (Å²) in [7, 11) is 0. The third-order valence-electron chi connectivity index (χ3n) is 2.60. The van der Waals surface area contributed by atoms with Gasteiger partial charge < -0.3 is 10.4 Å². The molecule has 1 aliphatic heterocycles. The first-order chi connectivity index (χ1) is 9.43. The number of amides is 2. The van der Waals surface area contributed by atoms with E-state index in [9.17, 15) is 22.8 Å². The van der Waals surface area contributed by atoms with Crippen LogP contribution in [0.1, 0.15) is 0 Å². The molecule has 20 heavy (non-hydrogen) atoms. The minimum atomic E-state index is -1.62. The lowest BCUT2D eigenvalue weighted by Gasteiger charge is -2.13. The van der Waals surface area contributed by atoms with Crippen LogP contribution in [-0.4, -0.2) is 35.0 Å². The standard InChI is InChI=1S/C12H9F3N2O3/c13-7-3-6(4-8(14)11(7)15)16-9-5-10(19)17(1-2-18)12(9)20/h3-5,16,18H,1-2H2. The predicted molar refractivity (Wildman–Crippen MR) is 61.8 cm³/mol. The van der Waals surface area contributed by atoms with Crippen LogP contribution in [0.2, 0.25) is 0 Å². The van der Waals surface area contributed by atoms with E-state index in [-0.39, 0.29) is 17.9 Å². The maximum atomic E-state index is 13.0. The Hall–Kier alpha value is -2.35. The number of rotatable bonds is 4. The van der Waals surface area contributed by atoms with Crippen molar-refractivity contribution in [1.29, 1.82) is 0 Å². The highest BCUT2D eigenvalue weighted by molar-refractivity contribution is 6.17. The molecule has 1 aromatic rings. The third-order valence-corrected chi connectivity index (χ3v) is 2.60. The van der Waals surface area contributed by atoms with Crippen LogP contribution in [0.4, 0.5) is 18.9 Å². The maximum absolute atomic E-state index is 13.0. The zero-order chi connectivity index (χ0) is 14.9. The van der Waals surface area contributed by atoms with Crippen LogP contribution >= 0.6 is 0 Å². The van der Waals surface area contributed by atoms with Crippen LogP contribution in [0.3, 0.4) is 0 Å². The molecule has 0 atom stereocenters.